The highest BCUT2D eigenvalue weighted by Crippen LogP contribution is 2.39. The Labute approximate surface area is 132 Å². The van der Waals surface area contributed by atoms with Gasteiger partial charge in [0.2, 0.25) is 9.84 Å². The fourth-order valence-electron chi connectivity index (χ4n) is 2.28. The van der Waals surface area contributed by atoms with Crippen molar-refractivity contribution in [2.75, 3.05) is 4.90 Å². The van der Waals surface area contributed by atoms with Gasteiger partial charge in [0.15, 0.2) is 4.91 Å². The van der Waals surface area contributed by atoms with Crippen molar-refractivity contribution in [3.8, 4) is 12.1 Å². The Bertz CT molecular complexity index is 1010. The van der Waals surface area contributed by atoms with Gasteiger partial charge in [-0.1, -0.05) is 0 Å². The Hall–Kier alpha value is -3.16. The van der Waals surface area contributed by atoms with Crippen LogP contribution < -0.4 is 4.90 Å². The molecule has 2 aromatic carbocycles. The van der Waals surface area contributed by atoms with Crippen molar-refractivity contribution >= 4 is 21.2 Å². The molecule has 5 nitrogen and oxygen atoms in total. The van der Waals surface area contributed by atoms with Crippen molar-refractivity contribution < 1.29 is 12.8 Å². The Morgan fingerprint density at radius 3 is 2.30 bits per heavy atom. The number of hydrogen-bond donors (Lipinski definition) is 0. The Morgan fingerprint density at radius 2 is 1.70 bits per heavy atom. The summed E-state index contributed by atoms with van der Waals surface area (Å²) in [5.74, 6) is -0.591. The first-order chi connectivity index (χ1) is 11.0. The molecule has 1 aliphatic rings. The molecule has 7 heteroatoms. The number of hydrogen-bond acceptors (Lipinski definition) is 5. The van der Waals surface area contributed by atoms with Crippen LogP contribution in [0.5, 0.6) is 0 Å². The third kappa shape index (κ3) is 2.33. The second kappa shape index (κ2) is 5.24. The molecule has 0 spiro atoms. The number of nitriles is 2. The first kappa shape index (κ1) is 14.8. The highest BCUT2D eigenvalue weighted by atomic mass is 32.2. The topological polar surface area (TPSA) is 85.0 Å². The third-order valence-electron chi connectivity index (χ3n) is 3.39. The fraction of sp³-hybridized carbons (Fsp3) is 0. The number of nitrogens with zero attached hydrogens (tertiary/aromatic N) is 3. The highest BCUT2D eigenvalue weighted by molar-refractivity contribution is 7.95. The van der Waals surface area contributed by atoms with E-state index in [9.17, 15) is 12.8 Å². The maximum absolute atomic E-state index is 13.6. The summed E-state index contributed by atoms with van der Waals surface area (Å²) in [5, 5.41) is 17.9. The minimum absolute atomic E-state index is 0.119. The molecule has 0 aromatic heterocycles. The van der Waals surface area contributed by atoms with E-state index in [0.29, 0.717) is 11.3 Å². The molecule has 23 heavy (non-hydrogen) atoms. The summed E-state index contributed by atoms with van der Waals surface area (Å²) in [6.45, 7) is 0. The molecular formula is C16H8FN3O2S. The van der Waals surface area contributed by atoms with Gasteiger partial charge >= 0.3 is 0 Å². The summed E-state index contributed by atoms with van der Waals surface area (Å²) in [7, 11) is -3.96. The van der Waals surface area contributed by atoms with Gasteiger partial charge in [0, 0.05) is 11.9 Å². The first-order valence-corrected chi connectivity index (χ1v) is 7.91. The van der Waals surface area contributed by atoms with Crippen LogP contribution in [0.3, 0.4) is 0 Å². The van der Waals surface area contributed by atoms with Crippen LogP contribution in [0.4, 0.5) is 15.8 Å². The SMILES string of the molecule is N#CC1=CN(c2ccc(C#N)cc2)c2cc(F)ccc2S1(=O)=O. The van der Waals surface area contributed by atoms with E-state index in [4.69, 9.17) is 10.5 Å². The fourth-order valence-corrected chi connectivity index (χ4v) is 3.56. The standard InChI is InChI=1S/C16H8FN3O2S/c17-12-3-6-16-15(7-12)20(10-14(9-19)23(16,21)22)13-4-1-11(8-18)2-5-13/h1-7,10H. The lowest BCUT2D eigenvalue weighted by Gasteiger charge is -2.27. The van der Waals surface area contributed by atoms with Crippen molar-refractivity contribution in [2.45, 2.75) is 4.90 Å². The molecule has 2 aromatic rings. The van der Waals surface area contributed by atoms with Crippen LogP contribution in [-0.2, 0) is 9.84 Å². The van der Waals surface area contributed by atoms with Gasteiger partial charge in [-0.15, -0.1) is 0 Å². The van der Waals surface area contributed by atoms with Crippen molar-refractivity contribution in [3.63, 3.8) is 0 Å². The molecular weight excluding hydrogens is 317 g/mol. The molecule has 0 saturated carbocycles. The van der Waals surface area contributed by atoms with E-state index in [1.807, 2.05) is 6.07 Å². The van der Waals surface area contributed by atoms with Gasteiger partial charge in [0.05, 0.1) is 22.2 Å². The molecule has 0 N–H and O–H groups in total. The number of anilines is 2. The zero-order valence-electron chi connectivity index (χ0n) is 11.6. The van der Waals surface area contributed by atoms with E-state index in [-0.39, 0.29) is 10.6 Å². The van der Waals surface area contributed by atoms with E-state index in [2.05, 4.69) is 0 Å². The van der Waals surface area contributed by atoms with Crippen molar-refractivity contribution in [3.05, 3.63) is 65.0 Å². The van der Waals surface area contributed by atoms with Crippen LogP contribution >= 0.6 is 0 Å². The third-order valence-corrected chi connectivity index (χ3v) is 5.09. The van der Waals surface area contributed by atoms with Gasteiger partial charge < -0.3 is 4.90 Å². The minimum atomic E-state index is -3.96. The van der Waals surface area contributed by atoms with Crippen LogP contribution in [0, 0.1) is 28.5 Å². The summed E-state index contributed by atoms with van der Waals surface area (Å²) in [6, 6.07) is 13.2. The predicted molar refractivity (Wildman–Crippen MR) is 80.6 cm³/mol. The number of fused-ring (bicyclic) bond motifs is 1. The molecule has 3 rings (SSSR count). The highest BCUT2D eigenvalue weighted by Gasteiger charge is 2.32. The second-order valence-electron chi connectivity index (χ2n) is 4.75. The molecule has 0 amide bonds. The molecule has 0 aliphatic carbocycles. The van der Waals surface area contributed by atoms with Crippen LogP contribution in [0.15, 0.2) is 58.5 Å². The van der Waals surface area contributed by atoms with E-state index in [1.165, 1.54) is 4.90 Å². The lowest BCUT2D eigenvalue weighted by Crippen LogP contribution is -2.21. The molecule has 0 saturated heterocycles. The predicted octanol–water partition coefficient (Wildman–Crippen LogP) is 2.99. The number of sulfone groups is 1. The maximum Gasteiger partial charge on any atom is 0.220 e. The lowest BCUT2D eigenvalue weighted by atomic mass is 10.2. The van der Waals surface area contributed by atoms with Gasteiger partial charge in [0.1, 0.15) is 11.9 Å². The first-order valence-electron chi connectivity index (χ1n) is 6.43. The summed E-state index contributed by atoms with van der Waals surface area (Å²) in [4.78, 5) is 0.849. The molecule has 0 bridgehead atoms. The summed E-state index contributed by atoms with van der Waals surface area (Å²) >= 11 is 0. The van der Waals surface area contributed by atoms with Gasteiger partial charge in [-0.2, -0.15) is 10.5 Å². The Morgan fingerprint density at radius 1 is 1.00 bits per heavy atom. The molecule has 0 unspecified atom stereocenters. The number of allylic oxidation sites excluding steroid dienone is 1. The van der Waals surface area contributed by atoms with Gasteiger partial charge in [-0.25, -0.2) is 12.8 Å². The number of benzene rings is 2. The zero-order chi connectivity index (χ0) is 16.6. The monoisotopic (exact) mass is 325 g/mol. The average Bonchev–Trinajstić information content (AvgIpc) is 2.55. The van der Waals surface area contributed by atoms with Crippen molar-refractivity contribution in [1.82, 2.24) is 0 Å². The van der Waals surface area contributed by atoms with Gasteiger partial charge in [-0.05, 0) is 42.5 Å². The lowest BCUT2D eigenvalue weighted by molar-refractivity contribution is 0.600. The molecule has 0 atom stereocenters. The quantitative estimate of drug-likeness (QED) is 0.752. The van der Waals surface area contributed by atoms with Crippen LogP contribution in [0.1, 0.15) is 5.56 Å². The normalized spacial score (nSPS) is 15.1. The average molecular weight is 325 g/mol. The molecule has 0 fully saturated rings. The number of halogens is 1. The minimum Gasteiger partial charge on any atom is -0.314 e. The van der Waals surface area contributed by atoms with Crippen LogP contribution in [0.2, 0.25) is 0 Å². The van der Waals surface area contributed by atoms with E-state index in [1.54, 1.807) is 30.3 Å². The van der Waals surface area contributed by atoms with Crippen molar-refractivity contribution in [1.29, 1.82) is 10.5 Å². The molecule has 1 heterocycles. The van der Waals surface area contributed by atoms with E-state index >= 15 is 0 Å². The van der Waals surface area contributed by atoms with Crippen LogP contribution in [-0.4, -0.2) is 8.42 Å². The summed E-state index contributed by atoms with van der Waals surface area (Å²) in [6.07, 6.45) is 1.15. The number of rotatable bonds is 1. The summed E-state index contributed by atoms with van der Waals surface area (Å²) < 4.78 is 38.3. The summed E-state index contributed by atoms with van der Waals surface area (Å²) in [5.41, 5.74) is 1.06. The molecule has 0 radical (unpaired) electrons. The largest absolute Gasteiger partial charge is 0.314 e. The smallest absolute Gasteiger partial charge is 0.220 e. The second-order valence-corrected chi connectivity index (χ2v) is 6.64. The Balaban J connectivity index is 2.26. The van der Waals surface area contributed by atoms with E-state index < -0.39 is 20.6 Å². The molecule has 112 valence electrons. The van der Waals surface area contributed by atoms with E-state index in [0.717, 1.165) is 24.4 Å². The van der Waals surface area contributed by atoms with Crippen molar-refractivity contribution in [2.24, 2.45) is 0 Å². The van der Waals surface area contributed by atoms with Gasteiger partial charge in [0.25, 0.3) is 0 Å². The van der Waals surface area contributed by atoms with Crippen LogP contribution in [0.25, 0.3) is 0 Å². The maximum atomic E-state index is 13.6. The van der Waals surface area contributed by atoms with Gasteiger partial charge in [-0.3, -0.25) is 0 Å². The zero-order valence-corrected chi connectivity index (χ0v) is 12.4. The molecule has 1 aliphatic heterocycles. The Kier molecular flexibility index (Phi) is 3.36.